The summed E-state index contributed by atoms with van der Waals surface area (Å²) < 4.78 is 0. The molecule has 2 nitrogen and oxygen atoms in total. The van der Waals surface area contributed by atoms with Crippen LogP contribution in [0.25, 0.3) is 0 Å². The van der Waals surface area contributed by atoms with Gasteiger partial charge in [0.2, 0.25) is 0 Å². The highest BCUT2D eigenvalue weighted by Gasteiger charge is 2.53. The summed E-state index contributed by atoms with van der Waals surface area (Å²) in [6.45, 7) is 2.28. The first-order chi connectivity index (χ1) is 12.0. The van der Waals surface area contributed by atoms with Gasteiger partial charge in [0, 0.05) is 6.04 Å². The van der Waals surface area contributed by atoms with E-state index in [4.69, 9.17) is 35.4 Å². The van der Waals surface area contributed by atoms with Gasteiger partial charge in [0.15, 0.2) is 5.11 Å². The molecule has 5 rings (SSSR count). The van der Waals surface area contributed by atoms with Crippen LogP contribution in [0.3, 0.4) is 0 Å². The Balaban J connectivity index is 1.47. The van der Waals surface area contributed by atoms with Gasteiger partial charge in [-0.1, -0.05) is 36.2 Å². The SMILES string of the molecule is CC[C@@H](NC(=S)Nc1cccc(Cl)c1Cl)C12CC3CC(CC(C3)C1)C2. The third kappa shape index (κ3) is 3.40. The lowest BCUT2D eigenvalue weighted by Crippen LogP contribution is -2.57. The molecule has 4 fully saturated rings. The minimum atomic E-state index is 0.438. The van der Waals surface area contributed by atoms with Crippen LogP contribution in [-0.2, 0) is 0 Å². The van der Waals surface area contributed by atoms with Crippen LogP contribution < -0.4 is 10.6 Å². The highest BCUT2D eigenvalue weighted by atomic mass is 35.5. The van der Waals surface area contributed by atoms with Crippen molar-refractivity contribution in [2.75, 3.05) is 5.32 Å². The molecule has 1 aromatic rings. The standard InChI is InChI=1S/C20H26Cl2N2S/c1-2-17(20-9-12-6-13(10-20)8-14(7-12)11-20)24-19(25)23-16-5-3-4-15(21)18(16)22/h3-5,12-14,17H,2,6-11H2,1H3,(H2,23,24,25)/t12?,13?,14?,17-,20?/m1/s1. The Hall–Kier alpha value is -0.510. The molecular formula is C20H26Cl2N2S. The third-order valence-corrected chi connectivity index (χ3v) is 7.78. The van der Waals surface area contributed by atoms with Crippen molar-refractivity contribution in [2.24, 2.45) is 23.2 Å². The van der Waals surface area contributed by atoms with E-state index in [0.717, 1.165) is 29.9 Å². The molecule has 0 amide bonds. The van der Waals surface area contributed by atoms with Gasteiger partial charge in [0.25, 0.3) is 0 Å². The van der Waals surface area contributed by atoms with Gasteiger partial charge in [0.1, 0.15) is 0 Å². The monoisotopic (exact) mass is 396 g/mol. The number of halogens is 2. The average molecular weight is 397 g/mol. The van der Waals surface area contributed by atoms with Crippen molar-refractivity contribution >= 4 is 46.2 Å². The molecule has 0 aliphatic heterocycles. The molecular weight excluding hydrogens is 371 g/mol. The molecule has 2 N–H and O–H groups in total. The summed E-state index contributed by atoms with van der Waals surface area (Å²) in [4.78, 5) is 0. The number of benzene rings is 1. The molecule has 4 aliphatic carbocycles. The second-order valence-corrected chi connectivity index (χ2v) is 9.63. The highest BCUT2D eigenvalue weighted by Crippen LogP contribution is 2.61. The van der Waals surface area contributed by atoms with Gasteiger partial charge in [-0.05, 0) is 92.5 Å². The Morgan fingerprint density at radius 1 is 1.16 bits per heavy atom. The molecule has 4 saturated carbocycles. The van der Waals surface area contributed by atoms with Crippen LogP contribution >= 0.6 is 35.4 Å². The Morgan fingerprint density at radius 3 is 2.32 bits per heavy atom. The summed E-state index contributed by atoms with van der Waals surface area (Å²) in [6.07, 6.45) is 9.65. The van der Waals surface area contributed by atoms with E-state index in [1.54, 1.807) is 6.07 Å². The van der Waals surface area contributed by atoms with Gasteiger partial charge < -0.3 is 10.6 Å². The molecule has 0 heterocycles. The zero-order valence-electron chi connectivity index (χ0n) is 14.7. The molecule has 25 heavy (non-hydrogen) atoms. The van der Waals surface area contributed by atoms with Crippen molar-refractivity contribution in [3.8, 4) is 0 Å². The van der Waals surface area contributed by atoms with Crippen LogP contribution in [0.15, 0.2) is 18.2 Å². The molecule has 0 saturated heterocycles. The van der Waals surface area contributed by atoms with E-state index in [-0.39, 0.29) is 0 Å². The van der Waals surface area contributed by atoms with Crippen LogP contribution in [0.4, 0.5) is 5.69 Å². The molecule has 4 aliphatic rings. The minimum Gasteiger partial charge on any atom is -0.359 e. The van der Waals surface area contributed by atoms with E-state index in [9.17, 15) is 0 Å². The maximum atomic E-state index is 6.28. The summed E-state index contributed by atoms with van der Waals surface area (Å²) in [6, 6.07) is 6.03. The first kappa shape index (κ1) is 17.9. The van der Waals surface area contributed by atoms with E-state index in [1.165, 1.54) is 38.5 Å². The normalized spacial score (nSPS) is 34.0. The maximum absolute atomic E-state index is 6.28. The van der Waals surface area contributed by atoms with Gasteiger partial charge in [-0.3, -0.25) is 0 Å². The number of thiocarbonyl (C=S) groups is 1. The molecule has 136 valence electrons. The lowest BCUT2D eigenvalue weighted by atomic mass is 9.47. The van der Waals surface area contributed by atoms with Crippen molar-refractivity contribution < 1.29 is 0 Å². The van der Waals surface area contributed by atoms with Gasteiger partial charge in [-0.25, -0.2) is 0 Å². The largest absolute Gasteiger partial charge is 0.359 e. The van der Waals surface area contributed by atoms with Crippen LogP contribution in [0.2, 0.25) is 10.0 Å². The summed E-state index contributed by atoms with van der Waals surface area (Å²) in [7, 11) is 0. The summed E-state index contributed by atoms with van der Waals surface area (Å²) in [5.41, 5.74) is 1.21. The quantitative estimate of drug-likeness (QED) is 0.585. The Bertz CT molecular complexity index is 640. The molecule has 4 bridgehead atoms. The number of anilines is 1. The third-order valence-electron chi connectivity index (χ3n) is 6.74. The molecule has 0 aromatic heterocycles. The number of hydrogen-bond acceptors (Lipinski definition) is 1. The second-order valence-electron chi connectivity index (χ2n) is 8.44. The average Bonchev–Trinajstić information content (AvgIpc) is 2.55. The van der Waals surface area contributed by atoms with E-state index >= 15 is 0 Å². The van der Waals surface area contributed by atoms with Crippen LogP contribution in [-0.4, -0.2) is 11.2 Å². The second kappa shape index (κ2) is 6.90. The molecule has 0 spiro atoms. The fourth-order valence-electron chi connectivity index (χ4n) is 6.21. The topological polar surface area (TPSA) is 24.1 Å². The summed E-state index contributed by atoms with van der Waals surface area (Å²) in [5.74, 6) is 2.85. The van der Waals surface area contributed by atoms with Gasteiger partial charge >= 0.3 is 0 Å². The van der Waals surface area contributed by atoms with Crippen molar-refractivity contribution in [1.29, 1.82) is 0 Å². The molecule has 1 atom stereocenters. The fourth-order valence-corrected chi connectivity index (χ4v) is 6.81. The molecule has 0 unspecified atom stereocenters. The lowest BCUT2D eigenvalue weighted by Gasteiger charge is -2.59. The zero-order valence-corrected chi connectivity index (χ0v) is 17.0. The first-order valence-corrected chi connectivity index (χ1v) is 10.7. The smallest absolute Gasteiger partial charge is 0.171 e. The van der Waals surface area contributed by atoms with Gasteiger partial charge in [0.05, 0.1) is 15.7 Å². The number of rotatable bonds is 4. The zero-order chi connectivity index (χ0) is 17.6. The Morgan fingerprint density at radius 2 is 1.76 bits per heavy atom. The lowest BCUT2D eigenvalue weighted by molar-refractivity contribution is -0.0709. The summed E-state index contributed by atoms with van der Waals surface area (Å²) in [5, 5.41) is 8.62. The van der Waals surface area contributed by atoms with Gasteiger partial charge in [-0.2, -0.15) is 0 Å². The first-order valence-electron chi connectivity index (χ1n) is 9.50. The van der Waals surface area contributed by atoms with Crippen LogP contribution in [0.1, 0.15) is 51.9 Å². The maximum Gasteiger partial charge on any atom is 0.171 e. The van der Waals surface area contributed by atoms with E-state index in [0.29, 0.717) is 26.6 Å². The van der Waals surface area contributed by atoms with E-state index < -0.39 is 0 Å². The van der Waals surface area contributed by atoms with Crippen molar-refractivity contribution in [1.82, 2.24) is 5.32 Å². The highest BCUT2D eigenvalue weighted by molar-refractivity contribution is 7.80. The van der Waals surface area contributed by atoms with Crippen LogP contribution in [0, 0.1) is 23.2 Å². The number of hydrogen-bond donors (Lipinski definition) is 2. The molecule has 5 heteroatoms. The van der Waals surface area contributed by atoms with Gasteiger partial charge in [-0.15, -0.1) is 0 Å². The Labute approximate surface area is 166 Å². The number of nitrogens with one attached hydrogen (secondary N) is 2. The van der Waals surface area contributed by atoms with E-state index in [1.807, 2.05) is 12.1 Å². The predicted molar refractivity (Wildman–Crippen MR) is 111 cm³/mol. The minimum absolute atomic E-state index is 0.438. The Kier molecular flexibility index (Phi) is 4.94. The van der Waals surface area contributed by atoms with Crippen molar-refractivity contribution in [3.05, 3.63) is 28.2 Å². The van der Waals surface area contributed by atoms with Crippen LogP contribution in [0.5, 0.6) is 0 Å². The van der Waals surface area contributed by atoms with E-state index in [2.05, 4.69) is 17.6 Å². The molecule has 1 aromatic carbocycles. The van der Waals surface area contributed by atoms with Crippen molar-refractivity contribution in [2.45, 2.75) is 57.9 Å². The fraction of sp³-hybridized carbons (Fsp3) is 0.650. The molecule has 0 radical (unpaired) electrons. The summed E-state index contributed by atoms with van der Waals surface area (Å²) >= 11 is 18.0. The van der Waals surface area contributed by atoms with Crippen molar-refractivity contribution in [3.63, 3.8) is 0 Å². The predicted octanol–water partition coefficient (Wildman–Crippen LogP) is 6.27.